The van der Waals surface area contributed by atoms with Crippen molar-refractivity contribution in [3.63, 3.8) is 0 Å². The molecule has 3 rings (SSSR count). The van der Waals surface area contributed by atoms with Gasteiger partial charge in [0.15, 0.2) is 5.82 Å². The lowest BCUT2D eigenvalue weighted by atomic mass is 10.2. The number of hydrogen-bond acceptors (Lipinski definition) is 8. The Morgan fingerprint density at radius 1 is 1.11 bits per heavy atom. The van der Waals surface area contributed by atoms with Crippen molar-refractivity contribution < 1.29 is 4.74 Å². The molecule has 2 heterocycles. The van der Waals surface area contributed by atoms with Gasteiger partial charge >= 0.3 is 0 Å². The van der Waals surface area contributed by atoms with Crippen molar-refractivity contribution in [3.8, 4) is 0 Å². The average Bonchev–Trinajstić information content (AvgIpc) is 2.71. The largest absolute Gasteiger partial charge is 0.379 e. The lowest BCUT2D eigenvalue weighted by Crippen LogP contribution is -2.39. The minimum Gasteiger partial charge on any atom is -0.379 e. The van der Waals surface area contributed by atoms with E-state index in [-0.39, 0.29) is 0 Å². The van der Waals surface area contributed by atoms with Crippen molar-refractivity contribution in [1.29, 1.82) is 0 Å². The predicted octanol–water partition coefficient (Wildman–Crippen LogP) is 2.21. The van der Waals surface area contributed by atoms with E-state index >= 15 is 0 Å². The molecule has 0 radical (unpaired) electrons. The number of anilines is 4. The summed E-state index contributed by atoms with van der Waals surface area (Å²) in [6.07, 6.45) is 1.65. The summed E-state index contributed by atoms with van der Waals surface area (Å²) in [7, 11) is 0. The smallest absolute Gasteiger partial charge is 0.249 e. The highest BCUT2D eigenvalue weighted by Crippen LogP contribution is 2.19. The van der Waals surface area contributed by atoms with Crippen LogP contribution in [-0.2, 0) is 4.74 Å². The standard InChI is InChI=1S/C19H29N7O/c1-3-26(4-2)17-7-5-16(6-8-17)22-19-23-18(15-21-24-19)20-9-10-25-11-13-27-14-12-25/h5-8,15H,3-4,9-14H2,1-2H3,(H2,20,22,23,24). The fourth-order valence-corrected chi connectivity index (χ4v) is 3.08. The van der Waals surface area contributed by atoms with Gasteiger partial charge in [-0.25, -0.2) is 0 Å². The molecule has 1 fully saturated rings. The molecule has 27 heavy (non-hydrogen) atoms. The van der Waals surface area contributed by atoms with Crippen molar-refractivity contribution >= 4 is 23.1 Å². The maximum atomic E-state index is 5.37. The summed E-state index contributed by atoms with van der Waals surface area (Å²) in [5, 5.41) is 14.6. The van der Waals surface area contributed by atoms with Gasteiger partial charge < -0.3 is 20.3 Å². The van der Waals surface area contributed by atoms with Gasteiger partial charge in [0.2, 0.25) is 5.95 Å². The third-order valence-electron chi connectivity index (χ3n) is 4.65. The van der Waals surface area contributed by atoms with E-state index in [1.54, 1.807) is 6.20 Å². The molecule has 2 N–H and O–H groups in total. The summed E-state index contributed by atoms with van der Waals surface area (Å²) in [6.45, 7) is 11.7. The van der Waals surface area contributed by atoms with Crippen LogP contribution in [0, 0.1) is 0 Å². The van der Waals surface area contributed by atoms with E-state index in [9.17, 15) is 0 Å². The predicted molar refractivity (Wildman–Crippen MR) is 109 cm³/mol. The fraction of sp³-hybridized carbons (Fsp3) is 0.526. The van der Waals surface area contributed by atoms with Crippen LogP contribution < -0.4 is 15.5 Å². The molecule has 2 aromatic rings. The highest BCUT2D eigenvalue weighted by Gasteiger charge is 2.09. The Kier molecular flexibility index (Phi) is 7.18. The Labute approximate surface area is 160 Å². The molecule has 0 saturated carbocycles. The van der Waals surface area contributed by atoms with E-state index in [0.29, 0.717) is 5.95 Å². The number of benzene rings is 1. The molecular weight excluding hydrogens is 342 g/mol. The third kappa shape index (κ3) is 5.77. The lowest BCUT2D eigenvalue weighted by molar-refractivity contribution is 0.0398. The number of nitrogens with one attached hydrogen (secondary N) is 2. The lowest BCUT2D eigenvalue weighted by Gasteiger charge is -2.26. The highest BCUT2D eigenvalue weighted by molar-refractivity contribution is 5.59. The minimum absolute atomic E-state index is 0.488. The van der Waals surface area contributed by atoms with Gasteiger partial charge in [0.25, 0.3) is 0 Å². The number of aromatic nitrogens is 3. The van der Waals surface area contributed by atoms with Gasteiger partial charge in [0.1, 0.15) is 0 Å². The van der Waals surface area contributed by atoms with E-state index in [1.165, 1.54) is 5.69 Å². The van der Waals surface area contributed by atoms with Crippen LogP contribution in [0.3, 0.4) is 0 Å². The highest BCUT2D eigenvalue weighted by atomic mass is 16.5. The molecule has 1 aromatic carbocycles. The third-order valence-corrected chi connectivity index (χ3v) is 4.65. The Balaban J connectivity index is 1.52. The van der Waals surface area contributed by atoms with E-state index < -0.39 is 0 Å². The van der Waals surface area contributed by atoms with E-state index in [0.717, 1.165) is 64.0 Å². The molecule has 1 aliphatic rings. The summed E-state index contributed by atoms with van der Waals surface area (Å²) >= 11 is 0. The van der Waals surface area contributed by atoms with E-state index in [1.807, 2.05) is 12.1 Å². The maximum Gasteiger partial charge on any atom is 0.249 e. The number of hydrogen-bond donors (Lipinski definition) is 2. The summed E-state index contributed by atoms with van der Waals surface area (Å²) in [5.41, 5.74) is 2.15. The van der Waals surface area contributed by atoms with Gasteiger partial charge in [-0.1, -0.05) is 0 Å². The molecule has 8 heteroatoms. The van der Waals surface area contributed by atoms with Gasteiger partial charge in [-0.05, 0) is 38.1 Å². The molecule has 0 atom stereocenters. The Morgan fingerprint density at radius 3 is 2.56 bits per heavy atom. The first kappa shape index (κ1) is 19.3. The number of ether oxygens (including phenoxy) is 1. The summed E-state index contributed by atoms with van der Waals surface area (Å²) in [4.78, 5) is 9.17. The van der Waals surface area contributed by atoms with Crippen molar-refractivity contribution in [3.05, 3.63) is 30.5 Å². The summed E-state index contributed by atoms with van der Waals surface area (Å²) in [6, 6.07) is 8.28. The van der Waals surface area contributed by atoms with Crippen molar-refractivity contribution in [2.24, 2.45) is 0 Å². The second-order valence-electron chi connectivity index (χ2n) is 6.39. The van der Waals surface area contributed by atoms with Gasteiger partial charge in [0, 0.05) is 50.6 Å². The fourth-order valence-electron chi connectivity index (χ4n) is 3.08. The average molecular weight is 371 g/mol. The Bertz CT molecular complexity index is 685. The van der Waals surface area contributed by atoms with Crippen LogP contribution in [-0.4, -0.2) is 72.6 Å². The van der Waals surface area contributed by atoms with Gasteiger partial charge in [0.05, 0.1) is 19.4 Å². The first-order valence-electron chi connectivity index (χ1n) is 9.64. The molecule has 1 aliphatic heterocycles. The first-order chi connectivity index (χ1) is 13.3. The molecule has 8 nitrogen and oxygen atoms in total. The number of morpholine rings is 1. The molecule has 0 bridgehead atoms. The SMILES string of the molecule is CCN(CC)c1ccc(Nc2nncc(NCCN3CCOCC3)n2)cc1. The van der Waals surface area contributed by atoms with Crippen LogP contribution in [0.15, 0.2) is 30.5 Å². The molecule has 0 spiro atoms. The summed E-state index contributed by atoms with van der Waals surface area (Å²) < 4.78 is 5.37. The van der Waals surface area contributed by atoms with E-state index in [2.05, 4.69) is 61.6 Å². The van der Waals surface area contributed by atoms with Gasteiger partial charge in [-0.2, -0.15) is 10.1 Å². The van der Waals surface area contributed by atoms with Gasteiger partial charge in [-0.15, -0.1) is 5.10 Å². The molecule has 0 amide bonds. The van der Waals surface area contributed by atoms with Crippen molar-refractivity contribution in [2.45, 2.75) is 13.8 Å². The van der Waals surface area contributed by atoms with Crippen molar-refractivity contribution in [2.75, 3.05) is 68.0 Å². The van der Waals surface area contributed by atoms with Gasteiger partial charge in [-0.3, -0.25) is 4.90 Å². The van der Waals surface area contributed by atoms with Crippen LogP contribution in [0.2, 0.25) is 0 Å². The van der Waals surface area contributed by atoms with Crippen LogP contribution in [0.4, 0.5) is 23.1 Å². The summed E-state index contributed by atoms with van der Waals surface area (Å²) in [5.74, 6) is 1.21. The maximum absolute atomic E-state index is 5.37. The minimum atomic E-state index is 0.488. The van der Waals surface area contributed by atoms with Crippen molar-refractivity contribution in [1.82, 2.24) is 20.1 Å². The Morgan fingerprint density at radius 2 is 1.85 bits per heavy atom. The number of nitrogens with zero attached hydrogens (tertiary/aromatic N) is 5. The first-order valence-corrected chi connectivity index (χ1v) is 9.64. The second-order valence-corrected chi connectivity index (χ2v) is 6.39. The zero-order valence-electron chi connectivity index (χ0n) is 16.2. The molecule has 1 saturated heterocycles. The zero-order chi connectivity index (χ0) is 18.9. The normalized spacial score (nSPS) is 14.7. The molecule has 1 aromatic heterocycles. The Hall–Kier alpha value is -2.45. The van der Waals surface area contributed by atoms with Crippen LogP contribution in [0.5, 0.6) is 0 Å². The topological polar surface area (TPSA) is 78.4 Å². The van der Waals surface area contributed by atoms with Crippen LogP contribution in [0.25, 0.3) is 0 Å². The quantitative estimate of drug-likeness (QED) is 0.695. The van der Waals surface area contributed by atoms with Crippen LogP contribution >= 0.6 is 0 Å². The molecule has 0 unspecified atom stereocenters. The number of rotatable bonds is 9. The molecule has 0 aliphatic carbocycles. The van der Waals surface area contributed by atoms with Crippen LogP contribution in [0.1, 0.15) is 13.8 Å². The van der Waals surface area contributed by atoms with E-state index in [4.69, 9.17) is 4.74 Å². The monoisotopic (exact) mass is 371 g/mol. The molecular formula is C19H29N7O. The molecule has 146 valence electrons. The zero-order valence-corrected chi connectivity index (χ0v) is 16.2. The second kappa shape index (κ2) is 10.0.